The number of sulfonamides is 1. The summed E-state index contributed by atoms with van der Waals surface area (Å²) < 4.78 is 31.8. The van der Waals surface area contributed by atoms with Gasteiger partial charge in [-0.2, -0.15) is 4.31 Å². The van der Waals surface area contributed by atoms with E-state index in [1.165, 1.54) is 17.4 Å². The number of ether oxygens (including phenoxy) is 1. The van der Waals surface area contributed by atoms with Crippen molar-refractivity contribution in [1.29, 1.82) is 0 Å². The predicted octanol–water partition coefficient (Wildman–Crippen LogP) is 2.35. The molecule has 0 amide bonds. The summed E-state index contributed by atoms with van der Waals surface area (Å²) in [5.74, 6) is 1.43. The maximum absolute atomic E-state index is 12.3. The molecule has 4 rings (SSSR count). The van der Waals surface area contributed by atoms with E-state index < -0.39 is 10.0 Å². The van der Waals surface area contributed by atoms with E-state index in [4.69, 9.17) is 4.74 Å². The van der Waals surface area contributed by atoms with Crippen LogP contribution in [0.5, 0.6) is 5.75 Å². The molecular weight excluding hydrogens is 336 g/mol. The van der Waals surface area contributed by atoms with Crippen LogP contribution in [0.3, 0.4) is 0 Å². The van der Waals surface area contributed by atoms with Crippen molar-refractivity contribution in [2.75, 3.05) is 33.0 Å². The first-order valence-corrected chi connectivity index (χ1v) is 11.1. The molecule has 25 heavy (non-hydrogen) atoms. The number of rotatable bonds is 2. The van der Waals surface area contributed by atoms with E-state index in [2.05, 4.69) is 24.0 Å². The maximum atomic E-state index is 12.3. The van der Waals surface area contributed by atoms with Crippen LogP contribution in [-0.2, 0) is 16.4 Å². The zero-order valence-corrected chi connectivity index (χ0v) is 16.2. The minimum Gasteiger partial charge on any atom is -0.496 e. The van der Waals surface area contributed by atoms with Gasteiger partial charge in [-0.05, 0) is 61.3 Å². The smallest absolute Gasteiger partial charge is 0.211 e. The lowest BCUT2D eigenvalue weighted by molar-refractivity contribution is 0.0222. The summed E-state index contributed by atoms with van der Waals surface area (Å²) in [7, 11) is -1.41. The third-order valence-electron chi connectivity index (χ3n) is 6.35. The second kappa shape index (κ2) is 6.25. The molecule has 0 spiro atoms. The Balaban J connectivity index is 1.69. The number of piperidine rings is 2. The number of fused-ring (bicyclic) bond motifs is 4. The van der Waals surface area contributed by atoms with Crippen molar-refractivity contribution in [3.8, 4) is 5.75 Å². The summed E-state index contributed by atoms with van der Waals surface area (Å²) in [5.41, 5.74) is 3.90. The lowest BCUT2D eigenvalue weighted by Crippen LogP contribution is -2.57. The number of nitrogens with zero attached hydrogens (tertiary/aromatic N) is 2. The summed E-state index contributed by atoms with van der Waals surface area (Å²) in [6.07, 6.45) is 5.46. The van der Waals surface area contributed by atoms with Gasteiger partial charge in [0.15, 0.2) is 0 Å². The van der Waals surface area contributed by atoms with Crippen LogP contribution in [0, 0.1) is 12.8 Å². The van der Waals surface area contributed by atoms with Crippen molar-refractivity contribution in [3.05, 3.63) is 28.8 Å². The molecule has 0 saturated carbocycles. The summed E-state index contributed by atoms with van der Waals surface area (Å²) in [5, 5.41) is 0. The van der Waals surface area contributed by atoms with E-state index in [0.29, 0.717) is 18.5 Å². The Morgan fingerprint density at radius 3 is 2.76 bits per heavy atom. The Labute approximate surface area is 151 Å². The Bertz CT molecular complexity index is 777. The van der Waals surface area contributed by atoms with Crippen molar-refractivity contribution in [2.24, 2.45) is 5.92 Å². The van der Waals surface area contributed by atoms with E-state index in [1.54, 1.807) is 11.4 Å². The molecule has 0 N–H and O–H groups in total. The lowest BCUT2D eigenvalue weighted by Gasteiger charge is -2.51. The second-order valence-corrected chi connectivity index (χ2v) is 9.80. The minimum atomic E-state index is -3.14. The fourth-order valence-electron chi connectivity index (χ4n) is 5.18. The third kappa shape index (κ3) is 2.98. The topological polar surface area (TPSA) is 49.9 Å². The minimum absolute atomic E-state index is 0.151. The van der Waals surface area contributed by atoms with Gasteiger partial charge in [0.1, 0.15) is 5.75 Å². The average Bonchev–Trinajstić information content (AvgIpc) is 2.58. The van der Waals surface area contributed by atoms with Crippen molar-refractivity contribution in [1.82, 2.24) is 9.21 Å². The molecule has 3 heterocycles. The van der Waals surface area contributed by atoms with Crippen LogP contribution in [0.1, 0.15) is 42.0 Å². The number of hydrogen-bond acceptors (Lipinski definition) is 4. The van der Waals surface area contributed by atoms with Gasteiger partial charge in [0.2, 0.25) is 10.0 Å². The molecule has 3 atom stereocenters. The van der Waals surface area contributed by atoms with E-state index in [-0.39, 0.29) is 6.04 Å². The number of methoxy groups -OCH3 is 1. The highest BCUT2D eigenvalue weighted by molar-refractivity contribution is 7.88. The summed E-state index contributed by atoms with van der Waals surface area (Å²) in [6.45, 7) is 4.85. The van der Waals surface area contributed by atoms with E-state index in [1.807, 2.05) is 0 Å². The normalized spacial score (nSPS) is 30.3. The fraction of sp³-hybridized carbons (Fsp3) is 0.684. The first-order valence-electron chi connectivity index (χ1n) is 9.26. The molecule has 0 aromatic heterocycles. The standard InChI is InChI=1S/C19H28N2O3S/c1-13-9-16-14(10-19(13)24-2)6-8-20-12-15-5-4-7-21(25(3,22)23)17(15)11-18(16)20/h9-10,15,17-18H,4-8,11-12H2,1-3H3/t15-,17+,18+/m1/s1. The molecule has 0 aliphatic carbocycles. The van der Waals surface area contributed by atoms with Gasteiger partial charge in [-0.15, -0.1) is 0 Å². The monoisotopic (exact) mass is 364 g/mol. The zero-order chi connectivity index (χ0) is 17.8. The van der Waals surface area contributed by atoms with Crippen molar-refractivity contribution in [2.45, 2.75) is 44.7 Å². The van der Waals surface area contributed by atoms with Crippen molar-refractivity contribution >= 4 is 10.0 Å². The second-order valence-electron chi connectivity index (χ2n) is 7.86. The van der Waals surface area contributed by atoms with Gasteiger partial charge in [-0.25, -0.2) is 8.42 Å². The summed E-state index contributed by atoms with van der Waals surface area (Å²) in [4.78, 5) is 2.58. The van der Waals surface area contributed by atoms with Gasteiger partial charge in [0.05, 0.1) is 13.4 Å². The van der Waals surface area contributed by atoms with Crippen LogP contribution < -0.4 is 4.74 Å². The van der Waals surface area contributed by atoms with Gasteiger partial charge in [-0.1, -0.05) is 6.07 Å². The van der Waals surface area contributed by atoms with Crippen LogP contribution >= 0.6 is 0 Å². The first kappa shape index (κ1) is 17.3. The highest BCUT2D eigenvalue weighted by atomic mass is 32.2. The lowest BCUT2D eigenvalue weighted by atomic mass is 9.77. The average molecular weight is 365 g/mol. The zero-order valence-electron chi connectivity index (χ0n) is 15.4. The molecule has 138 valence electrons. The van der Waals surface area contributed by atoms with E-state index >= 15 is 0 Å². The largest absolute Gasteiger partial charge is 0.496 e. The predicted molar refractivity (Wildman–Crippen MR) is 98.4 cm³/mol. The van der Waals surface area contributed by atoms with Crippen molar-refractivity contribution < 1.29 is 13.2 Å². The molecule has 2 saturated heterocycles. The molecule has 0 radical (unpaired) electrons. The molecule has 3 aliphatic heterocycles. The van der Waals surface area contributed by atoms with Gasteiger partial charge >= 0.3 is 0 Å². The molecule has 3 aliphatic rings. The molecule has 5 nitrogen and oxygen atoms in total. The summed E-state index contributed by atoms with van der Waals surface area (Å²) >= 11 is 0. The Morgan fingerprint density at radius 2 is 2.04 bits per heavy atom. The Morgan fingerprint density at radius 1 is 1.24 bits per heavy atom. The van der Waals surface area contributed by atoms with Crippen LogP contribution in [0.15, 0.2) is 12.1 Å². The van der Waals surface area contributed by atoms with E-state index in [9.17, 15) is 8.42 Å². The highest BCUT2D eigenvalue weighted by Gasteiger charge is 2.45. The molecule has 0 bridgehead atoms. The molecule has 1 aromatic carbocycles. The van der Waals surface area contributed by atoms with Crippen LogP contribution in [-0.4, -0.2) is 56.7 Å². The fourth-order valence-corrected chi connectivity index (χ4v) is 6.39. The number of benzene rings is 1. The molecule has 0 unspecified atom stereocenters. The molecule has 1 aromatic rings. The van der Waals surface area contributed by atoms with Crippen LogP contribution in [0.25, 0.3) is 0 Å². The van der Waals surface area contributed by atoms with Gasteiger partial charge in [0.25, 0.3) is 0 Å². The first-order chi connectivity index (χ1) is 11.9. The SMILES string of the molecule is COc1cc2c(cc1C)[C@@H]1C[C@H]3[C@H](CCCN3S(C)(=O)=O)CN1CC2. The third-order valence-corrected chi connectivity index (χ3v) is 7.66. The van der Waals surface area contributed by atoms with E-state index in [0.717, 1.165) is 50.1 Å². The van der Waals surface area contributed by atoms with Crippen LogP contribution in [0.2, 0.25) is 0 Å². The quantitative estimate of drug-likeness (QED) is 0.808. The Kier molecular flexibility index (Phi) is 4.33. The van der Waals surface area contributed by atoms with Gasteiger partial charge < -0.3 is 4.74 Å². The Hall–Kier alpha value is -1.11. The maximum Gasteiger partial charge on any atom is 0.211 e. The number of aryl methyl sites for hydroxylation is 1. The van der Waals surface area contributed by atoms with Crippen molar-refractivity contribution in [3.63, 3.8) is 0 Å². The van der Waals surface area contributed by atoms with Gasteiger partial charge in [-0.3, -0.25) is 4.90 Å². The molecular formula is C19H28N2O3S. The number of hydrogen-bond donors (Lipinski definition) is 0. The summed E-state index contributed by atoms with van der Waals surface area (Å²) in [6, 6.07) is 4.93. The van der Waals surface area contributed by atoms with Gasteiger partial charge in [0, 0.05) is 31.7 Å². The van der Waals surface area contributed by atoms with Crippen LogP contribution in [0.4, 0.5) is 0 Å². The highest BCUT2D eigenvalue weighted by Crippen LogP contribution is 2.44. The molecule has 2 fully saturated rings. The molecule has 6 heteroatoms.